The third-order valence-electron chi connectivity index (χ3n) is 3.06. The smallest absolute Gasteiger partial charge is 0.138 e. The number of hydrogen-bond acceptors (Lipinski definition) is 4. The van der Waals surface area contributed by atoms with E-state index < -0.39 is 17.7 Å². The molecule has 19 heavy (non-hydrogen) atoms. The minimum atomic E-state index is -0.706. The topological polar surface area (TPSA) is 68.8 Å². The van der Waals surface area contributed by atoms with Crippen LogP contribution in [0.3, 0.4) is 0 Å². The summed E-state index contributed by atoms with van der Waals surface area (Å²) in [5.74, 6) is 4.78. The molecule has 2 rings (SSSR count). The summed E-state index contributed by atoms with van der Waals surface area (Å²) in [6, 6.07) is 1.92. The number of nitrogens with one attached hydrogen (secondary N) is 1. The largest absolute Gasteiger partial charge is 0.271 e. The Labute approximate surface area is 109 Å². The second-order valence-electron chi connectivity index (χ2n) is 4.32. The van der Waals surface area contributed by atoms with Crippen molar-refractivity contribution >= 4 is 0 Å². The van der Waals surface area contributed by atoms with Gasteiger partial charge in [0.25, 0.3) is 0 Å². The van der Waals surface area contributed by atoms with Gasteiger partial charge in [0.05, 0.1) is 6.04 Å². The fourth-order valence-electron chi connectivity index (χ4n) is 1.93. The van der Waals surface area contributed by atoms with Crippen LogP contribution in [0.15, 0.2) is 18.5 Å². The Balaban J connectivity index is 2.38. The molecule has 2 aromatic rings. The standard InChI is InChI=1S/C12H15F2N5/c1-7-3-4-8(13)11(12(7)14)9(18-15)5-10-16-6-17-19(10)2/h3-4,6,9,18H,5,15H2,1-2H3. The first-order valence-corrected chi connectivity index (χ1v) is 5.78. The van der Waals surface area contributed by atoms with E-state index in [9.17, 15) is 8.78 Å². The molecule has 1 atom stereocenters. The average Bonchev–Trinajstić information content (AvgIpc) is 2.78. The number of hydrazine groups is 1. The molecule has 1 unspecified atom stereocenters. The van der Waals surface area contributed by atoms with Crippen LogP contribution < -0.4 is 11.3 Å². The summed E-state index contributed by atoms with van der Waals surface area (Å²) in [7, 11) is 1.71. The van der Waals surface area contributed by atoms with E-state index in [4.69, 9.17) is 5.84 Å². The molecular formula is C12H15F2N5. The molecule has 0 saturated heterocycles. The first-order valence-electron chi connectivity index (χ1n) is 5.78. The predicted molar refractivity (Wildman–Crippen MR) is 65.9 cm³/mol. The van der Waals surface area contributed by atoms with Gasteiger partial charge in [0.1, 0.15) is 23.8 Å². The molecule has 0 aliphatic rings. The van der Waals surface area contributed by atoms with E-state index >= 15 is 0 Å². The fraction of sp³-hybridized carbons (Fsp3) is 0.333. The van der Waals surface area contributed by atoms with Gasteiger partial charge in [0.2, 0.25) is 0 Å². The molecule has 5 nitrogen and oxygen atoms in total. The van der Waals surface area contributed by atoms with Crippen molar-refractivity contribution in [2.24, 2.45) is 12.9 Å². The van der Waals surface area contributed by atoms with Gasteiger partial charge in [0.15, 0.2) is 0 Å². The van der Waals surface area contributed by atoms with Crippen LogP contribution in [0.1, 0.15) is 23.0 Å². The lowest BCUT2D eigenvalue weighted by atomic mass is 10.00. The van der Waals surface area contributed by atoms with Gasteiger partial charge in [-0.3, -0.25) is 16.0 Å². The van der Waals surface area contributed by atoms with E-state index in [-0.39, 0.29) is 12.0 Å². The monoisotopic (exact) mass is 267 g/mol. The Morgan fingerprint density at radius 2 is 2.16 bits per heavy atom. The summed E-state index contributed by atoms with van der Waals surface area (Å²) in [4.78, 5) is 4.02. The number of rotatable bonds is 4. The highest BCUT2D eigenvalue weighted by atomic mass is 19.1. The summed E-state index contributed by atoms with van der Waals surface area (Å²) >= 11 is 0. The molecule has 1 aromatic carbocycles. The van der Waals surface area contributed by atoms with Crippen molar-refractivity contribution in [3.8, 4) is 0 Å². The van der Waals surface area contributed by atoms with Gasteiger partial charge in [-0.15, -0.1) is 0 Å². The zero-order valence-electron chi connectivity index (χ0n) is 10.7. The molecule has 0 amide bonds. The van der Waals surface area contributed by atoms with Crippen molar-refractivity contribution in [3.63, 3.8) is 0 Å². The third-order valence-corrected chi connectivity index (χ3v) is 3.06. The van der Waals surface area contributed by atoms with Gasteiger partial charge in [-0.05, 0) is 18.6 Å². The summed E-state index contributed by atoms with van der Waals surface area (Å²) in [5.41, 5.74) is 2.72. The molecule has 0 aliphatic carbocycles. The zero-order valence-corrected chi connectivity index (χ0v) is 10.7. The molecule has 102 valence electrons. The van der Waals surface area contributed by atoms with Crippen LogP contribution in [-0.4, -0.2) is 14.8 Å². The van der Waals surface area contributed by atoms with E-state index in [0.717, 1.165) is 0 Å². The molecule has 0 fully saturated rings. The lowest BCUT2D eigenvalue weighted by molar-refractivity contribution is 0.458. The molecule has 0 radical (unpaired) electrons. The molecule has 0 bridgehead atoms. The molecule has 0 aliphatic heterocycles. The Hall–Kier alpha value is -1.86. The lowest BCUT2D eigenvalue weighted by Gasteiger charge is -2.18. The molecule has 0 saturated carbocycles. The number of halogens is 2. The normalized spacial score (nSPS) is 12.7. The van der Waals surface area contributed by atoms with Gasteiger partial charge in [-0.25, -0.2) is 13.8 Å². The van der Waals surface area contributed by atoms with Crippen molar-refractivity contribution in [3.05, 3.63) is 47.0 Å². The van der Waals surface area contributed by atoms with E-state index in [0.29, 0.717) is 11.4 Å². The summed E-state index contributed by atoms with van der Waals surface area (Å²) in [6.45, 7) is 1.58. The first-order chi connectivity index (χ1) is 9.04. The molecule has 1 aromatic heterocycles. The Bertz CT molecular complexity index is 581. The summed E-state index contributed by atoms with van der Waals surface area (Å²) in [6.07, 6.45) is 1.62. The maximum absolute atomic E-state index is 14.1. The third kappa shape index (κ3) is 2.61. The number of benzene rings is 1. The van der Waals surface area contributed by atoms with Crippen LogP contribution in [0.25, 0.3) is 0 Å². The molecular weight excluding hydrogens is 252 g/mol. The maximum atomic E-state index is 14.1. The highest BCUT2D eigenvalue weighted by Crippen LogP contribution is 2.25. The molecule has 7 heteroatoms. The van der Waals surface area contributed by atoms with Gasteiger partial charge in [-0.1, -0.05) is 6.07 Å². The predicted octanol–water partition coefficient (Wildman–Crippen LogP) is 1.15. The second-order valence-corrected chi connectivity index (χ2v) is 4.32. The van der Waals surface area contributed by atoms with Crippen LogP contribution >= 0.6 is 0 Å². The second kappa shape index (κ2) is 5.41. The van der Waals surface area contributed by atoms with Crippen LogP contribution in [0.4, 0.5) is 8.78 Å². The summed E-state index contributed by atoms with van der Waals surface area (Å²) in [5, 5.41) is 3.91. The highest BCUT2D eigenvalue weighted by Gasteiger charge is 2.22. The van der Waals surface area contributed by atoms with Crippen molar-refractivity contribution in [1.29, 1.82) is 0 Å². The number of aromatic nitrogens is 3. The Kier molecular flexibility index (Phi) is 3.87. The van der Waals surface area contributed by atoms with Crippen molar-refractivity contribution in [2.45, 2.75) is 19.4 Å². The quantitative estimate of drug-likeness (QED) is 0.644. The Morgan fingerprint density at radius 1 is 1.42 bits per heavy atom. The van der Waals surface area contributed by atoms with Gasteiger partial charge >= 0.3 is 0 Å². The van der Waals surface area contributed by atoms with Crippen LogP contribution in [0, 0.1) is 18.6 Å². The van der Waals surface area contributed by atoms with Gasteiger partial charge in [0, 0.05) is 19.0 Å². The van der Waals surface area contributed by atoms with Crippen molar-refractivity contribution in [2.75, 3.05) is 0 Å². The molecule has 1 heterocycles. The minimum Gasteiger partial charge on any atom is -0.271 e. The van der Waals surface area contributed by atoms with Crippen LogP contribution in [0.5, 0.6) is 0 Å². The van der Waals surface area contributed by atoms with Crippen LogP contribution in [0.2, 0.25) is 0 Å². The molecule has 3 N–H and O–H groups in total. The van der Waals surface area contributed by atoms with Gasteiger partial charge < -0.3 is 0 Å². The van der Waals surface area contributed by atoms with E-state index in [1.807, 2.05) is 0 Å². The lowest BCUT2D eigenvalue weighted by Crippen LogP contribution is -2.32. The number of aryl methyl sites for hydroxylation is 2. The van der Waals surface area contributed by atoms with Gasteiger partial charge in [-0.2, -0.15) is 5.10 Å². The van der Waals surface area contributed by atoms with Crippen molar-refractivity contribution in [1.82, 2.24) is 20.2 Å². The number of hydrogen-bond donors (Lipinski definition) is 2. The fourth-order valence-corrected chi connectivity index (χ4v) is 1.93. The van der Waals surface area contributed by atoms with E-state index in [2.05, 4.69) is 15.5 Å². The minimum absolute atomic E-state index is 0.0782. The number of nitrogens with zero attached hydrogens (tertiary/aromatic N) is 3. The van der Waals surface area contributed by atoms with Crippen molar-refractivity contribution < 1.29 is 8.78 Å². The first kappa shape index (κ1) is 13.6. The Morgan fingerprint density at radius 3 is 2.74 bits per heavy atom. The van der Waals surface area contributed by atoms with Crippen LogP contribution in [-0.2, 0) is 13.5 Å². The van der Waals surface area contributed by atoms with E-state index in [1.54, 1.807) is 14.0 Å². The SMILES string of the molecule is Cc1ccc(F)c(C(Cc2ncnn2C)NN)c1F. The highest BCUT2D eigenvalue weighted by molar-refractivity contribution is 5.29. The molecule has 0 spiro atoms. The summed E-state index contributed by atoms with van der Waals surface area (Å²) < 4.78 is 29.4. The van der Waals surface area contributed by atoms with E-state index in [1.165, 1.54) is 23.1 Å². The number of nitrogens with two attached hydrogens (primary N) is 1. The zero-order chi connectivity index (χ0) is 14.0. The average molecular weight is 267 g/mol. The maximum Gasteiger partial charge on any atom is 0.138 e.